The normalized spacial score (nSPS) is 11.8. The molecule has 2 aromatic rings. The molecular formula is C18H23N2O2+. The summed E-state index contributed by atoms with van der Waals surface area (Å²) in [6, 6.07) is 11.6. The van der Waals surface area contributed by atoms with E-state index in [1.807, 2.05) is 60.3 Å². The van der Waals surface area contributed by atoms with Crippen LogP contribution in [-0.2, 0) is 17.8 Å². The number of nitrogens with one attached hydrogen (secondary N) is 1. The molecule has 0 saturated carbocycles. The first-order valence-electron chi connectivity index (χ1n) is 7.54. The van der Waals surface area contributed by atoms with Crippen molar-refractivity contribution in [3.05, 3.63) is 59.9 Å². The van der Waals surface area contributed by atoms with Gasteiger partial charge in [-0.1, -0.05) is 19.1 Å². The number of methoxy groups -OCH3 is 1. The lowest BCUT2D eigenvalue weighted by Gasteiger charge is -2.09. The summed E-state index contributed by atoms with van der Waals surface area (Å²) in [5.41, 5.74) is 2.31. The fourth-order valence-corrected chi connectivity index (χ4v) is 2.18. The van der Waals surface area contributed by atoms with E-state index in [4.69, 9.17) is 4.74 Å². The summed E-state index contributed by atoms with van der Waals surface area (Å²) < 4.78 is 7.04. The number of ether oxygens (including phenoxy) is 1. The van der Waals surface area contributed by atoms with Gasteiger partial charge in [0.15, 0.2) is 12.4 Å². The molecule has 1 N–H and O–H groups in total. The molecule has 4 heteroatoms. The van der Waals surface area contributed by atoms with Gasteiger partial charge < -0.3 is 10.1 Å². The monoisotopic (exact) mass is 299 g/mol. The number of aryl methyl sites for hydroxylation is 1. The van der Waals surface area contributed by atoms with Gasteiger partial charge >= 0.3 is 0 Å². The molecule has 1 atom stereocenters. The van der Waals surface area contributed by atoms with Crippen molar-refractivity contribution in [1.29, 1.82) is 0 Å². The highest BCUT2D eigenvalue weighted by atomic mass is 16.5. The third-order valence-corrected chi connectivity index (χ3v) is 3.78. The van der Waals surface area contributed by atoms with Gasteiger partial charge in [-0.25, -0.2) is 0 Å². The molecule has 4 nitrogen and oxygen atoms in total. The summed E-state index contributed by atoms with van der Waals surface area (Å²) >= 11 is 0. The van der Waals surface area contributed by atoms with Crippen molar-refractivity contribution >= 4 is 5.91 Å². The highest BCUT2D eigenvalue weighted by Gasteiger charge is 2.21. The molecule has 0 saturated heterocycles. The van der Waals surface area contributed by atoms with Crippen LogP contribution in [0.25, 0.3) is 0 Å². The Balaban J connectivity index is 1.92. The van der Waals surface area contributed by atoms with E-state index in [1.54, 1.807) is 7.11 Å². The van der Waals surface area contributed by atoms with Crippen LogP contribution in [0.3, 0.4) is 0 Å². The van der Waals surface area contributed by atoms with Crippen molar-refractivity contribution in [3.8, 4) is 5.75 Å². The molecule has 1 amide bonds. The quantitative estimate of drug-likeness (QED) is 0.832. The number of rotatable bonds is 6. The Bertz CT molecular complexity index is 606. The fourth-order valence-electron chi connectivity index (χ4n) is 2.18. The Hall–Kier alpha value is -2.36. The fraction of sp³-hybridized carbons (Fsp3) is 0.333. The van der Waals surface area contributed by atoms with Gasteiger partial charge in [0.2, 0.25) is 6.04 Å². The number of amides is 1. The Labute approximate surface area is 131 Å². The lowest BCUT2D eigenvalue weighted by atomic mass is 10.2. The first kappa shape index (κ1) is 16.0. The van der Waals surface area contributed by atoms with E-state index in [0.29, 0.717) is 6.54 Å². The third-order valence-electron chi connectivity index (χ3n) is 3.78. The van der Waals surface area contributed by atoms with Crippen LogP contribution in [0.4, 0.5) is 0 Å². The average molecular weight is 299 g/mol. The van der Waals surface area contributed by atoms with Crippen LogP contribution < -0.4 is 14.6 Å². The summed E-state index contributed by atoms with van der Waals surface area (Å²) in [7, 11) is 1.64. The molecule has 0 radical (unpaired) electrons. The highest BCUT2D eigenvalue weighted by Crippen LogP contribution is 2.11. The zero-order chi connectivity index (χ0) is 15.9. The Morgan fingerprint density at radius 3 is 2.32 bits per heavy atom. The Morgan fingerprint density at radius 2 is 1.77 bits per heavy atom. The predicted octanol–water partition coefficient (Wildman–Crippen LogP) is 2.42. The molecule has 0 bridgehead atoms. The molecule has 0 aliphatic rings. The molecule has 1 aromatic heterocycles. The molecule has 0 unspecified atom stereocenters. The van der Waals surface area contributed by atoms with E-state index < -0.39 is 0 Å². The maximum atomic E-state index is 12.2. The van der Waals surface area contributed by atoms with Gasteiger partial charge in [0.1, 0.15) is 5.75 Å². The Kier molecular flexibility index (Phi) is 5.53. The van der Waals surface area contributed by atoms with E-state index in [2.05, 4.69) is 12.2 Å². The van der Waals surface area contributed by atoms with Gasteiger partial charge in [0.05, 0.1) is 7.11 Å². The minimum absolute atomic E-state index is 0.00469. The van der Waals surface area contributed by atoms with Crippen LogP contribution in [-0.4, -0.2) is 13.0 Å². The van der Waals surface area contributed by atoms with Crippen molar-refractivity contribution in [2.75, 3.05) is 7.11 Å². The van der Waals surface area contributed by atoms with Crippen molar-refractivity contribution in [2.45, 2.75) is 32.9 Å². The van der Waals surface area contributed by atoms with Crippen molar-refractivity contribution < 1.29 is 14.1 Å². The SMILES string of the molecule is CCc1cc[n+]([C@H](C)C(=O)NCc2ccc(OC)cc2)cc1. The van der Waals surface area contributed by atoms with E-state index in [-0.39, 0.29) is 11.9 Å². The van der Waals surface area contributed by atoms with Crippen molar-refractivity contribution in [2.24, 2.45) is 0 Å². The van der Waals surface area contributed by atoms with Crippen LogP contribution in [0.2, 0.25) is 0 Å². The van der Waals surface area contributed by atoms with Crippen LogP contribution in [0.5, 0.6) is 5.75 Å². The number of carbonyl (C=O) groups is 1. The van der Waals surface area contributed by atoms with Crippen LogP contribution in [0.15, 0.2) is 48.8 Å². The molecule has 22 heavy (non-hydrogen) atoms. The van der Waals surface area contributed by atoms with Crippen LogP contribution in [0, 0.1) is 0 Å². The summed E-state index contributed by atoms with van der Waals surface area (Å²) in [4.78, 5) is 12.2. The first-order chi connectivity index (χ1) is 10.6. The molecule has 1 heterocycles. The number of nitrogens with zero attached hydrogens (tertiary/aromatic N) is 1. The molecule has 1 aromatic carbocycles. The van der Waals surface area contributed by atoms with Gasteiger partial charge in [0, 0.05) is 25.6 Å². The second-order valence-electron chi connectivity index (χ2n) is 5.25. The van der Waals surface area contributed by atoms with Crippen LogP contribution in [0.1, 0.15) is 31.0 Å². The lowest BCUT2D eigenvalue weighted by Crippen LogP contribution is -2.46. The zero-order valence-corrected chi connectivity index (χ0v) is 13.4. The standard InChI is InChI=1S/C18H22N2O2/c1-4-15-9-11-20(12-10-15)14(2)18(21)19-13-16-5-7-17(22-3)8-6-16/h5-12,14H,4,13H2,1-3H3/p+1/t14-/m1/s1. The summed E-state index contributed by atoms with van der Waals surface area (Å²) in [6.07, 6.45) is 4.91. The number of pyridine rings is 1. The smallest absolute Gasteiger partial charge is 0.289 e. The molecule has 0 aliphatic heterocycles. The van der Waals surface area contributed by atoms with Gasteiger partial charge in [-0.05, 0) is 29.7 Å². The van der Waals surface area contributed by atoms with E-state index in [9.17, 15) is 4.79 Å². The lowest BCUT2D eigenvalue weighted by molar-refractivity contribution is -0.706. The van der Waals surface area contributed by atoms with Crippen molar-refractivity contribution in [3.63, 3.8) is 0 Å². The van der Waals surface area contributed by atoms with E-state index >= 15 is 0 Å². The molecule has 116 valence electrons. The van der Waals surface area contributed by atoms with E-state index in [0.717, 1.165) is 17.7 Å². The molecule has 0 spiro atoms. The number of aromatic nitrogens is 1. The summed E-state index contributed by atoms with van der Waals surface area (Å²) in [5.74, 6) is 0.820. The zero-order valence-electron chi connectivity index (χ0n) is 13.4. The number of carbonyl (C=O) groups excluding carboxylic acids is 1. The van der Waals surface area contributed by atoms with Crippen molar-refractivity contribution in [1.82, 2.24) is 5.32 Å². The topological polar surface area (TPSA) is 42.2 Å². The molecule has 2 rings (SSSR count). The molecular weight excluding hydrogens is 276 g/mol. The minimum Gasteiger partial charge on any atom is -0.497 e. The molecule has 0 fully saturated rings. The maximum Gasteiger partial charge on any atom is 0.289 e. The Morgan fingerprint density at radius 1 is 1.14 bits per heavy atom. The number of hydrogen-bond donors (Lipinski definition) is 1. The second kappa shape index (κ2) is 7.59. The van der Waals surface area contributed by atoms with Gasteiger partial charge in [0.25, 0.3) is 5.91 Å². The average Bonchev–Trinajstić information content (AvgIpc) is 2.59. The number of hydrogen-bond acceptors (Lipinski definition) is 2. The summed E-state index contributed by atoms with van der Waals surface area (Å²) in [6.45, 7) is 4.53. The van der Waals surface area contributed by atoms with Gasteiger partial charge in [-0.3, -0.25) is 4.79 Å². The minimum atomic E-state index is -0.232. The third kappa shape index (κ3) is 4.07. The maximum absolute atomic E-state index is 12.2. The first-order valence-corrected chi connectivity index (χ1v) is 7.54. The summed E-state index contributed by atoms with van der Waals surface area (Å²) in [5, 5.41) is 2.96. The van der Waals surface area contributed by atoms with Gasteiger partial charge in [-0.2, -0.15) is 4.57 Å². The van der Waals surface area contributed by atoms with Gasteiger partial charge in [-0.15, -0.1) is 0 Å². The largest absolute Gasteiger partial charge is 0.497 e. The molecule has 0 aliphatic carbocycles. The van der Waals surface area contributed by atoms with Crippen LogP contribution >= 0.6 is 0 Å². The van der Waals surface area contributed by atoms with E-state index in [1.165, 1.54) is 5.56 Å². The number of benzene rings is 1. The second-order valence-corrected chi connectivity index (χ2v) is 5.25. The highest BCUT2D eigenvalue weighted by molar-refractivity contribution is 5.78. The predicted molar refractivity (Wildman–Crippen MR) is 85.6 cm³/mol.